The Morgan fingerprint density at radius 1 is 1.17 bits per heavy atom. The SMILES string of the molecule is CC[C@@]12C[C@H](O)C(O)(c3cc(F)cc(Cl)c3)C[C@H]1CCc1cc(OCc3cccnc3C)ccc12. The van der Waals surface area contributed by atoms with Gasteiger partial charge in [0.2, 0.25) is 0 Å². The zero-order chi connectivity index (χ0) is 24.8. The van der Waals surface area contributed by atoms with Gasteiger partial charge >= 0.3 is 0 Å². The lowest BCUT2D eigenvalue weighted by Crippen LogP contribution is -2.56. The highest BCUT2D eigenvalue weighted by molar-refractivity contribution is 6.30. The third-order valence-electron chi connectivity index (χ3n) is 8.33. The first-order chi connectivity index (χ1) is 16.7. The molecule has 1 heterocycles. The predicted molar refractivity (Wildman–Crippen MR) is 134 cm³/mol. The average molecular weight is 496 g/mol. The molecule has 0 spiro atoms. The van der Waals surface area contributed by atoms with Gasteiger partial charge in [0, 0.05) is 27.9 Å². The number of aliphatic hydroxyl groups excluding tert-OH is 1. The lowest BCUT2D eigenvalue weighted by Gasteiger charge is -2.55. The highest BCUT2D eigenvalue weighted by atomic mass is 35.5. The number of pyridine rings is 1. The van der Waals surface area contributed by atoms with Crippen LogP contribution in [0.25, 0.3) is 0 Å². The van der Waals surface area contributed by atoms with Crippen LogP contribution in [0.15, 0.2) is 54.7 Å². The smallest absolute Gasteiger partial charge is 0.125 e. The fourth-order valence-electron chi connectivity index (χ4n) is 6.35. The summed E-state index contributed by atoms with van der Waals surface area (Å²) in [6.07, 6.45) is 4.09. The number of benzene rings is 2. The minimum Gasteiger partial charge on any atom is -0.489 e. The van der Waals surface area contributed by atoms with Crippen molar-refractivity contribution in [3.63, 3.8) is 0 Å². The van der Waals surface area contributed by atoms with E-state index in [-0.39, 0.29) is 16.4 Å². The van der Waals surface area contributed by atoms with Crippen molar-refractivity contribution < 1.29 is 19.3 Å². The minimum absolute atomic E-state index is 0.153. The average Bonchev–Trinajstić information content (AvgIpc) is 2.83. The van der Waals surface area contributed by atoms with Crippen LogP contribution in [0.5, 0.6) is 5.75 Å². The zero-order valence-electron chi connectivity index (χ0n) is 20.1. The van der Waals surface area contributed by atoms with Crippen LogP contribution >= 0.6 is 11.6 Å². The molecule has 1 unspecified atom stereocenters. The molecule has 6 heteroatoms. The van der Waals surface area contributed by atoms with E-state index < -0.39 is 17.5 Å². The lowest BCUT2D eigenvalue weighted by molar-refractivity contribution is -0.146. The molecule has 0 bridgehead atoms. The number of ether oxygens (including phenoxy) is 1. The van der Waals surface area contributed by atoms with Gasteiger partial charge in [0.05, 0.1) is 6.10 Å². The summed E-state index contributed by atoms with van der Waals surface area (Å²) >= 11 is 6.08. The van der Waals surface area contributed by atoms with Gasteiger partial charge in [0.15, 0.2) is 0 Å². The van der Waals surface area contributed by atoms with Crippen LogP contribution in [-0.2, 0) is 24.0 Å². The predicted octanol–water partition coefficient (Wildman–Crippen LogP) is 6.01. The summed E-state index contributed by atoms with van der Waals surface area (Å²) in [5, 5.41) is 23.1. The summed E-state index contributed by atoms with van der Waals surface area (Å²) in [7, 11) is 0. The molecule has 5 rings (SSSR count). The van der Waals surface area contributed by atoms with Crippen LogP contribution in [0.3, 0.4) is 0 Å². The lowest BCUT2D eigenvalue weighted by atomic mass is 9.52. The Labute approximate surface area is 210 Å². The van der Waals surface area contributed by atoms with Crippen molar-refractivity contribution in [3.05, 3.63) is 93.5 Å². The second kappa shape index (κ2) is 9.20. The Morgan fingerprint density at radius 2 is 2.00 bits per heavy atom. The van der Waals surface area contributed by atoms with Gasteiger partial charge in [0.1, 0.15) is 23.8 Å². The molecular formula is C29H31ClFNO3. The summed E-state index contributed by atoms with van der Waals surface area (Å²) in [5.74, 6) is 0.461. The Hall–Kier alpha value is -2.47. The van der Waals surface area contributed by atoms with Crippen LogP contribution in [0.1, 0.15) is 60.6 Å². The maximum Gasteiger partial charge on any atom is 0.125 e. The summed E-state index contributed by atoms with van der Waals surface area (Å²) in [6, 6.07) is 14.3. The van der Waals surface area contributed by atoms with E-state index in [1.807, 2.05) is 25.1 Å². The molecule has 2 aliphatic carbocycles. The second-order valence-electron chi connectivity index (χ2n) is 10.1. The Balaban J connectivity index is 1.43. The van der Waals surface area contributed by atoms with Crippen LogP contribution in [-0.4, -0.2) is 21.3 Å². The first kappa shape index (κ1) is 24.2. The van der Waals surface area contributed by atoms with Gasteiger partial charge in [-0.1, -0.05) is 30.7 Å². The van der Waals surface area contributed by atoms with Crippen molar-refractivity contribution in [2.75, 3.05) is 0 Å². The van der Waals surface area contributed by atoms with E-state index in [0.29, 0.717) is 25.0 Å². The molecule has 0 aliphatic heterocycles. The highest BCUT2D eigenvalue weighted by Gasteiger charge is 2.55. The second-order valence-corrected chi connectivity index (χ2v) is 10.5. The molecule has 4 nitrogen and oxygen atoms in total. The van der Waals surface area contributed by atoms with Crippen molar-refractivity contribution >= 4 is 11.6 Å². The van der Waals surface area contributed by atoms with Gasteiger partial charge in [-0.3, -0.25) is 4.98 Å². The highest BCUT2D eigenvalue weighted by Crippen LogP contribution is 2.57. The van der Waals surface area contributed by atoms with Gasteiger partial charge in [-0.25, -0.2) is 4.39 Å². The van der Waals surface area contributed by atoms with Gasteiger partial charge in [-0.15, -0.1) is 0 Å². The van der Waals surface area contributed by atoms with E-state index in [2.05, 4.69) is 24.0 Å². The minimum atomic E-state index is -1.53. The summed E-state index contributed by atoms with van der Waals surface area (Å²) in [5.41, 5.74) is 3.03. The molecule has 0 amide bonds. The van der Waals surface area contributed by atoms with Crippen LogP contribution in [0.2, 0.25) is 5.02 Å². The number of hydrogen-bond acceptors (Lipinski definition) is 4. The number of halogens is 2. The van der Waals surface area contributed by atoms with Crippen molar-refractivity contribution in [1.82, 2.24) is 4.98 Å². The molecular weight excluding hydrogens is 465 g/mol. The third kappa shape index (κ3) is 4.24. The Morgan fingerprint density at radius 3 is 2.74 bits per heavy atom. The fraction of sp³-hybridized carbons (Fsp3) is 0.414. The van der Waals surface area contributed by atoms with Gasteiger partial charge < -0.3 is 14.9 Å². The first-order valence-corrected chi connectivity index (χ1v) is 12.7. The first-order valence-electron chi connectivity index (χ1n) is 12.3. The van der Waals surface area contributed by atoms with E-state index in [1.54, 1.807) is 12.3 Å². The fourth-order valence-corrected chi connectivity index (χ4v) is 6.57. The number of nitrogens with zero attached hydrogens (tertiary/aromatic N) is 1. The van der Waals surface area contributed by atoms with Crippen LogP contribution in [0, 0.1) is 18.7 Å². The summed E-state index contributed by atoms with van der Waals surface area (Å²) in [6.45, 7) is 4.58. The topological polar surface area (TPSA) is 62.6 Å². The van der Waals surface area contributed by atoms with E-state index >= 15 is 0 Å². The van der Waals surface area contributed by atoms with E-state index in [0.717, 1.165) is 36.3 Å². The molecule has 4 atom stereocenters. The number of fused-ring (bicyclic) bond motifs is 3. The van der Waals surface area contributed by atoms with Gasteiger partial charge in [0.25, 0.3) is 0 Å². The number of aliphatic hydroxyl groups is 2. The van der Waals surface area contributed by atoms with Crippen LogP contribution < -0.4 is 4.74 Å². The van der Waals surface area contributed by atoms with Crippen molar-refractivity contribution in [2.45, 2.75) is 69.7 Å². The van der Waals surface area contributed by atoms with Crippen molar-refractivity contribution in [1.29, 1.82) is 0 Å². The Bertz CT molecular complexity index is 1230. The number of aryl methyl sites for hydroxylation is 2. The van der Waals surface area contributed by atoms with Crippen molar-refractivity contribution in [2.24, 2.45) is 5.92 Å². The largest absolute Gasteiger partial charge is 0.489 e. The molecule has 1 aromatic heterocycles. The number of aromatic nitrogens is 1. The maximum absolute atomic E-state index is 14.1. The Kier molecular flexibility index (Phi) is 6.37. The van der Waals surface area contributed by atoms with E-state index in [9.17, 15) is 14.6 Å². The summed E-state index contributed by atoms with van der Waals surface area (Å²) < 4.78 is 20.2. The number of rotatable bonds is 5. The van der Waals surface area contributed by atoms with Gasteiger partial charge in [-0.2, -0.15) is 0 Å². The molecule has 0 saturated heterocycles. The quantitative estimate of drug-likeness (QED) is 0.454. The number of hydrogen-bond donors (Lipinski definition) is 2. The van der Waals surface area contributed by atoms with Crippen LogP contribution in [0.4, 0.5) is 4.39 Å². The van der Waals surface area contributed by atoms with E-state index in [1.165, 1.54) is 23.3 Å². The molecule has 2 N–H and O–H groups in total. The maximum atomic E-state index is 14.1. The van der Waals surface area contributed by atoms with E-state index in [4.69, 9.17) is 16.3 Å². The zero-order valence-corrected chi connectivity index (χ0v) is 20.9. The molecule has 2 aromatic carbocycles. The standard InChI is InChI=1S/C29H31ClFNO3/c1-3-28-16-27(33)29(34,22-12-23(30)14-24(31)13-22)15-21(28)7-6-19-11-25(8-9-26(19)28)35-17-20-5-4-10-32-18(20)2/h4-5,8-14,21,27,33-34H,3,6-7,15-17H2,1-2H3/t21-,27+,28-,29?/m1/s1. The molecule has 3 aromatic rings. The van der Waals surface area contributed by atoms with Crippen molar-refractivity contribution in [3.8, 4) is 5.75 Å². The monoisotopic (exact) mass is 495 g/mol. The molecule has 184 valence electrons. The summed E-state index contributed by atoms with van der Waals surface area (Å²) in [4.78, 5) is 4.32. The van der Waals surface area contributed by atoms with Gasteiger partial charge in [-0.05, 0) is 98.0 Å². The molecule has 1 fully saturated rings. The molecule has 35 heavy (non-hydrogen) atoms. The molecule has 2 aliphatic rings. The molecule has 0 radical (unpaired) electrons. The third-order valence-corrected chi connectivity index (χ3v) is 8.55. The normalized spacial score (nSPS) is 27.7. The molecule has 1 saturated carbocycles.